The van der Waals surface area contributed by atoms with Crippen molar-refractivity contribution in [1.82, 2.24) is 0 Å². The third-order valence-electron chi connectivity index (χ3n) is 2.66. The summed E-state index contributed by atoms with van der Waals surface area (Å²) >= 11 is 0. The van der Waals surface area contributed by atoms with Gasteiger partial charge in [-0.05, 0) is 19.1 Å². The molecule has 0 amide bonds. The highest BCUT2D eigenvalue weighted by Crippen LogP contribution is 2.26. The molecular weight excluding hydrogens is 176 g/mol. The van der Waals surface area contributed by atoms with Gasteiger partial charge < -0.3 is 9.47 Å². The minimum atomic E-state index is -0.0421. The summed E-state index contributed by atoms with van der Waals surface area (Å²) in [5.74, 6) is 0.955. The molecule has 1 aliphatic rings. The van der Waals surface area contributed by atoms with Gasteiger partial charge in [-0.25, -0.2) is 0 Å². The third-order valence-corrected chi connectivity index (χ3v) is 2.66. The van der Waals surface area contributed by atoms with Crippen LogP contribution in [0.1, 0.15) is 19.8 Å². The van der Waals surface area contributed by atoms with E-state index in [-0.39, 0.29) is 5.60 Å². The van der Waals surface area contributed by atoms with Crippen molar-refractivity contribution in [2.45, 2.75) is 25.4 Å². The summed E-state index contributed by atoms with van der Waals surface area (Å²) in [7, 11) is 0. The van der Waals surface area contributed by atoms with Crippen LogP contribution in [-0.4, -0.2) is 18.8 Å². The first-order valence-electron chi connectivity index (χ1n) is 5.10. The van der Waals surface area contributed by atoms with Crippen molar-refractivity contribution in [3.05, 3.63) is 30.3 Å². The highest BCUT2D eigenvalue weighted by molar-refractivity contribution is 5.22. The van der Waals surface area contributed by atoms with Gasteiger partial charge in [-0.3, -0.25) is 0 Å². The molecule has 0 saturated carbocycles. The lowest BCUT2D eigenvalue weighted by Gasteiger charge is -2.34. The summed E-state index contributed by atoms with van der Waals surface area (Å²) in [4.78, 5) is 0. The molecule has 1 fully saturated rings. The minimum absolute atomic E-state index is 0.0421. The van der Waals surface area contributed by atoms with Crippen molar-refractivity contribution >= 4 is 0 Å². The van der Waals surface area contributed by atoms with Crippen LogP contribution in [0.2, 0.25) is 0 Å². The monoisotopic (exact) mass is 192 g/mol. The minimum Gasteiger partial charge on any atom is -0.487 e. The number of ether oxygens (including phenoxy) is 2. The van der Waals surface area contributed by atoms with Crippen LogP contribution in [0.25, 0.3) is 0 Å². The second kappa shape index (κ2) is 4.01. The van der Waals surface area contributed by atoms with Crippen molar-refractivity contribution in [1.29, 1.82) is 0 Å². The van der Waals surface area contributed by atoms with Crippen LogP contribution in [0.15, 0.2) is 30.3 Å². The number of rotatable bonds is 2. The number of hydrogen-bond donors (Lipinski definition) is 0. The van der Waals surface area contributed by atoms with Crippen LogP contribution in [0.3, 0.4) is 0 Å². The first-order valence-corrected chi connectivity index (χ1v) is 5.10. The second-order valence-electron chi connectivity index (χ2n) is 3.98. The largest absolute Gasteiger partial charge is 0.487 e. The molecule has 14 heavy (non-hydrogen) atoms. The predicted octanol–water partition coefficient (Wildman–Crippen LogP) is 2.63. The quantitative estimate of drug-likeness (QED) is 0.717. The fourth-order valence-corrected chi connectivity index (χ4v) is 1.68. The number of para-hydroxylation sites is 1. The zero-order valence-electron chi connectivity index (χ0n) is 8.53. The Hall–Kier alpha value is -1.02. The normalized spacial score (nSPS) is 20.4. The summed E-state index contributed by atoms with van der Waals surface area (Å²) in [6, 6.07) is 10.00. The Balaban J connectivity index is 2.02. The van der Waals surface area contributed by atoms with E-state index < -0.39 is 0 Å². The van der Waals surface area contributed by atoms with Crippen LogP contribution >= 0.6 is 0 Å². The molecule has 1 saturated heterocycles. The Morgan fingerprint density at radius 2 is 1.79 bits per heavy atom. The zero-order chi connectivity index (χ0) is 9.86. The van der Waals surface area contributed by atoms with Gasteiger partial charge >= 0.3 is 0 Å². The van der Waals surface area contributed by atoms with Crippen LogP contribution < -0.4 is 4.74 Å². The van der Waals surface area contributed by atoms with Gasteiger partial charge in [-0.1, -0.05) is 18.2 Å². The summed E-state index contributed by atoms with van der Waals surface area (Å²) < 4.78 is 11.3. The Labute approximate surface area is 84.8 Å². The zero-order valence-corrected chi connectivity index (χ0v) is 8.53. The molecule has 2 rings (SSSR count). The Bertz CT molecular complexity index is 276. The molecule has 0 atom stereocenters. The molecule has 0 bridgehead atoms. The molecule has 0 aliphatic carbocycles. The van der Waals surface area contributed by atoms with Crippen LogP contribution in [0.5, 0.6) is 5.75 Å². The van der Waals surface area contributed by atoms with Gasteiger partial charge in [-0.2, -0.15) is 0 Å². The van der Waals surface area contributed by atoms with Gasteiger partial charge in [0, 0.05) is 12.8 Å². The molecule has 1 aromatic rings. The molecule has 2 heteroatoms. The fraction of sp³-hybridized carbons (Fsp3) is 0.500. The summed E-state index contributed by atoms with van der Waals surface area (Å²) in [5.41, 5.74) is -0.0421. The molecule has 0 aromatic heterocycles. The highest BCUT2D eigenvalue weighted by Gasteiger charge is 2.29. The van der Waals surface area contributed by atoms with E-state index in [0.717, 1.165) is 31.8 Å². The van der Waals surface area contributed by atoms with Crippen LogP contribution in [0.4, 0.5) is 0 Å². The standard InChI is InChI=1S/C12H16O2/c1-12(7-9-13-10-8-12)14-11-5-3-2-4-6-11/h2-6H,7-10H2,1H3. The number of benzene rings is 1. The van der Waals surface area contributed by atoms with Gasteiger partial charge in [0.25, 0.3) is 0 Å². The van der Waals surface area contributed by atoms with Gasteiger partial charge in [0.15, 0.2) is 0 Å². The third kappa shape index (κ3) is 2.26. The van der Waals surface area contributed by atoms with E-state index in [1.165, 1.54) is 0 Å². The van der Waals surface area contributed by atoms with Gasteiger partial charge in [0.2, 0.25) is 0 Å². The smallest absolute Gasteiger partial charge is 0.120 e. The summed E-state index contributed by atoms with van der Waals surface area (Å²) in [5, 5.41) is 0. The second-order valence-corrected chi connectivity index (χ2v) is 3.98. The fourth-order valence-electron chi connectivity index (χ4n) is 1.68. The maximum absolute atomic E-state index is 5.96. The summed E-state index contributed by atoms with van der Waals surface area (Å²) in [6.45, 7) is 3.77. The molecule has 0 spiro atoms. The topological polar surface area (TPSA) is 18.5 Å². The first-order chi connectivity index (χ1) is 6.79. The maximum Gasteiger partial charge on any atom is 0.120 e. The van der Waals surface area contributed by atoms with E-state index in [1.807, 2.05) is 30.3 Å². The van der Waals surface area contributed by atoms with E-state index in [1.54, 1.807) is 0 Å². The van der Waals surface area contributed by atoms with E-state index in [0.29, 0.717) is 0 Å². The van der Waals surface area contributed by atoms with Gasteiger partial charge in [0.1, 0.15) is 11.4 Å². The van der Waals surface area contributed by atoms with Crippen molar-refractivity contribution in [3.8, 4) is 5.75 Å². The highest BCUT2D eigenvalue weighted by atomic mass is 16.5. The predicted molar refractivity (Wildman–Crippen MR) is 55.5 cm³/mol. The van der Waals surface area contributed by atoms with Crippen LogP contribution in [-0.2, 0) is 4.74 Å². The molecule has 1 heterocycles. The molecule has 0 N–H and O–H groups in total. The summed E-state index contributed by atoms with van der Waals surface area (Å²) in [6.07, 6.45) is 1.95. The van der Waals surface area contributed by atoms with Crippen molar-refractivity contribution in [2.75, 3.05) is 13.2 Å². The van der Waals surface area contributed by atoms with Crippen molar-refractivity contribution in [2.24, 2.45) is 0 Å². The Kier molecular flexibility index (Phi) is 2.73. The van der Waals surface area contributed by atoms with Gasteiger partial charge in [-0.15, -0.1) is 0 Å². The lowest BCUT2D eigenvalue weighted by molar-refractivity contribution is -0.0342. The molecular formula is C12H16O2. The van der Waals surface area contributed by atoms with Crippen LogP contribution in [0, 0.1) is 0 Å². The molecule has 0 unspecified atom stereocenters. The number of hydrogen-bond acceptors (Lipinski definition) is 2. The first kappa shape index (κ1) is 9.53. The SMILES string of the molecule is CC1(Oc2ccccc2)CCOCC1. The Morgan fingerprint density at radius 3 is 2.43 bits per heavy atom. The van der Waals surface area contributed by atoms with E-state index in [2.05, 4.69) is 6.92 Å². The molecule has 76 valence electrons. The lowest BCUT2D eigenvalue weighted by atomic mass is 9.97. The van der Waals surface area contributed by atoms with Crippen molar-refractivity contribution in [3.63, 3.8) is 0 Å². The molecule has 1 aliphatic heterocycles. The molecule has 0 radical (unpaired) electrons. The lowest BCUT2D eigenvalue weighted by Crippen LogP contribution is -2.38. The van der Waals surface area contributed by atoms with E-state index in [9.17, 15) is 0 Å². The van der Waals surface area contributed by atoms with Gasteiger partial charge in [0.05, 0.1) is 13.2 Å². The Morgan fingerprint density at radius 1 is 1.14 bits per heavy atom. The van der Waals surface area contributed by atoms with E-state index in [4.69, 9.17) is 9.47 Å². The molecule has 2 nitrogen and oxygen atoms in total. The average molecular weight is 192 g/mol. The molecule has 1 aromatic carbocycles. The van der Waals surface area contributed by atoms with E-state index >= 15 is 0 Å². The average Bonchev–Trinajstić information content (AvgIpc) is 2.19. The maximum atomic E-state index is 5.96. The van der Waals surface area contributed by atoms with Crippen molar-refractivity contribution < 1.29 is 9.47 Å².